The van der Waals surface area contributed by atoms with Crippen LogP contribution in [0.3, 0.4) is 0 Å². The predicted octanol–water partition coefficient (Wildman–Crippen LogP) is 4.97. The molecular weight excluding hydrogens is 280 g/mol. The molecule has 1 atom stereocenters. The predicted molar refractivity (Wildman–Crippen MR) is 95.5 cm³/mol. The summed E-state index contributed by atoms with van der Waals surface area (Å²) in [5, 5.41) is 0. The van der Waals surface area contributed by atoms with Gasteiger partial charge >= 0.3 is 0 Å². The highest BCUT2D eigenvalue weighted by atomic mass is 15.1. The van der Waals surface area contributed by atoms with Gasteiger partial charge in [-0.15, -0.1) is 0 Å². The Kier molecular flexibility index (Phi) is 3.82. The Morgan fingerprint density at radius 2 is 1.91 bits per heavy atom. The van der Waals surface area contributed by atoms with Gasteiger partial charge in [-0.3, -0.25) is 0 Å². The molecule has 1 aromatic carbocycles. The first-order valence-corrected chi connectivity index (χ1v) is 8.75. The Labute approximate surface area is 140 Å². The maximum Gasteiger partial charge on any atom is 0.287 e. The molecule has 0 aliphatic carbocycles. The Hall–Kier alpha value is -1.70. The van der Waals surface area contributed by atoms with Crippen LogP contribution in [0.1, 0.15) is 71.7 Å². The van der Waals surface area contributed by atoms with E-state index in [1.807, 2.05) is 0 Å². The smallest absolute Gasteiger partial charge is 0.227 e. The van der Waals surface area contributed by atoms with Crippen molar-refractivity contribution in [2.45, 2.75) is 71.3 Å². The molecule has 0 amide bonds. The number of rotatable bonds is 1. The highest BCUT2D eigenvalue weighted by Crippen LogP contribution is 2.41. The van der Waals surface area contributed by atoms with Crippen molar-refractivity contribution < 1.29 is 4.57 Å². The highest BCUT2D eigenvalue weighted by molar-refractivity contribution is 5.64. The first-order chi connectivity index (χ1) is 10.7. The van der Waals surface area contributed by atoms with Crippen molar-refractivity contribution in [2.75, 3.05) is 0 Å². The number of hydrogen-bond acceptors (Lipinski definition) is 1. The quantitative estimate of drug-likeness (QED) is 0.680. The van der Waals surface area contributed by atoms with Gasteiger partial charge < -0.3 is 0 Å². The van der Waals surface area contributed by atoms with Gasteiger partial charge in [-0.1, -0.05) is 70.8 Å². The third kappa shape index (κ3) is 2.80. The Bertz CT molecular complexity index is 723. The van der Waals surface area contributed by atoms with E-state index in [-0.39, 0.29) is 10.8 Å². The second kappa shape index (κ2) is 5.43. The van der Waals surface area contributed by atoms with Crippen molar-refractivity contribution in [1.82, 2.24) is 4.98 Å². The summed E-state index contributed by atoms with van der Waals surface area (Å²) >= 11 is 0. The van der Waals surface area contributed by atoms with Crippen LogP contribution in [-0.2, 0) is 10.8 Å². The fourth-order valence-corrected chi connectivity index (χ4v) is 3.78. The Balaban J connectivity index is 2.31. The minimum absolute atomic E-state index is 0.0636. The second-order valence-corrected chi connectivity index (χ2v) is 8.51. The normalized spacial score (nSPS) is 19.7. The van der Waals surface area contributed by atoms with E-state index in [0.29, 0.717) is 6.04 Å². The summed E-state index contributed by atoms with van der Waals surface area (Å²) in [6.45, 7) is 13.7. The molecule has 0 saturated heterocycles. The lowest BCUT2D eigenvalue weighted by Gasteiger charge is -2.26. The lowest BCUT2D eigenvalue weighted by atomic mass is 9.77. The number of aromatic nitrogens is 2. The van der Waals surface area contributed by atoms with Gasteiger partial charge in [0.2, 0.25) is 0 Å². The van der Waals surface area contributed by atoms with Crippen LogP contribution in [0.5, 0.6) is 0 Å². The zero-order chi connectivity index (χ0) is 16.8. The molecule has 0 spiro atoms. The molecule has 3 rings (SSSR count). The third-order valence-corrected chi connectivity index (χ3v) is 5.18. The molecule has 2 nitrogen and oxygen atoms in total. The average Bonchev–Trinajstić information content (AvgIpc) is 2.60. The monoisotopic (exact) mass is 309 g/mol. The minimum atomic E-state index is 0.0636. The lowest BCUT2D eigenvalue weighted by Crippen LogP contribution is -2.43. The fraction of sp³-hybridized carbons (Fsp3) is 0.524. The summed E-state index contributed by atoms with van der Waals surface area (Å²) in [5.41, 5.74) is 5.53. The van der Waals surface area contributed by atoms with E-state index < -0.39 is 0 Å². The number of hydrogen-bond donors (Lipinski definition) is 0. The molecule has 0 fully saturated rings. The molecule has 23 heavy (non-hydrogen) atoms. The van der Waals surface area contributed by atoms with Crippen LogP contribution in [0.15, 0.2) is 36.7 Å². The minimum Gasteiger partial charge on any atom is -0.227 e. The summed E-state index contributed by atoms with van der Waals surface area (Å²) < 4.78 is 2.41. The molecule has 1 unspecified atom stereocenters. The van der Waals surface area contributed by atoms with Gasteiger partial charge in [0.15, 0.2) is 5.69 Å². The summed E-state index contributed by atoms with van der Waals surface area (Å²) in [6, 6.07) is 11.7. The van der Waals surface area contributed by atoms with E-state index in [0.717, 1.165) is 18.5 Å². The van der Waals surface area contributed by atoms with Crippen molar-refractivity contribution in [2.24, 2.45) is 0 Å². The Morgan fingerprint density at radius 1 is 1.22 bits per heavy atom. The van der Waals surface area contributed by atoms with E-state index in [1.54, 1.807) is 0 Å². The summed E-state index contributed by atoms with van der Waals surface area (Å²) in [7, 11) is 0. The molecule has 0 radical (unpaired) electrons. The number of fused-ring (bicyclic) bond motifs is 3. The van der Waals surface area contributed by atoms with Crippen molar-refractivity contribution in [3.05, 3.63) is 47.9 Å². The third-order valence-electron chi connectivity index (χ3n) is 5.18. The van der Waals surface area contributed by atoms with Gasteiger partial charge in [0.25, 0.3) is 6.33 Å². The maximum atomic E-state index is 4.79. The maximum absolute atomic E-state index is 4.79. The summed E-state index contributed by atoms with van der Waals surface area (Å²) in [6.07, 6.45) is 4.35. The fourth-order valence-electron chi connectivity index (χ4n) is 3.78. The lowest BCUT2D eigenvalue weighted by molar-refractivity contribution is -0.716. The zero-order valence-electron chi connectivity index (χ0n) is 15.4. The zero-order valence-corrected chi connectivity index (χ0v) is 15.4. The van der Waals surface area contributed by atoms with E-state index in [4.69, 9.17) is 4.98 Å². The van der Waals surface area contributed by atoms with E-state index in [2.05, 4.69) is 82.8 Å². The second-order valence-electron chi connectivity index (χ2n) is 8.51. The van der Waals surface area contributed by atoms with Gasteiger partial charge in [-0.05, 0) is 23.8 Å². The molecule has 1 aliphatic heterocycles. The molecule has 0 bridgehead atoms. The summed E-state index contributed by atoms with van der Waals surface area (Å²) in [4.78, 5) is 4.79. The van der Waals surface area contributed by atoms with E-state index in [9.17, 15) is 0 Å². The van der Waals surface area contributed by atoms with Crippen LogP contribution in [0.2, 0.25) is 0 Å². The molecular formula is C21H29N2+. The van der Waals surface area contributed by atoms with Crippen molar-refractivity contribution in [1.29, 1.82) is 0 Å². The van der Waals surface area contributed by atoms with Gasteiger partial charge in [0.05, 0.1) is 0 Å². The molecule has 1 aromatic heterocycles. The van der Waals surface area contributed by atoms with E-state index in [1.165, 1.54) is 16.8 Å². The summed E-state index contributed by atoms with van der Waals surface area (Å²) in [5.74, 6) is 0. The average molecular weight is 309 g/mol. The van der Waals surface area contributed by atoms with Crippen molar-refractivity contribution in [3.8, 4) is 11.3 Å². The van der Waals surface area contributed by atoms with Gasteiger partial charge in [-0.25, -0.2) is 4.57 Å². The SMILES string of the molecule is CCC1CC(C)(C)c2ccccc2-c2cc(C(C)(C)C)nc[n+]21. The molecule has 122 valence electrons. The van der Waals surface area contributed by atoms with Crippen molar-refractivity contribution in [3.63, 3.8) is 0 Å². The number of benzene rings is 1. The first-order valence-electron chi connectivity index (χ1n) is 8.75. The number of nitrogens with zero attached hydrogens (tertiary/aromatic N) is 2. The van der Waals surface area contributed by atoms with Crippen LogP contribution in [0.25, 0.3) is 11.3 Å². The molecule has 0 saturated carbocycles. The molecule has 2 aromatic rings. The van der Waals surface area contributed by atoms with Crippen LogP contribution in [-0.4, -0.2) is 4.98 Å². The highest BCUT2D eigenvalue weighted by Gasteiger charge is 2.36. The standard InChI is InChI=1S/C21H29N2/c1-7-15-13-21(5,6)17-11-9-8-10-16(17)18-12-19(20(2,3)4)22-14-23(15)18/h8-12,14-15H,7,13H2,1-6H3/q+1. The molecule has 1 aliphatic rings. The Morgan fingerprint density at radius 3 is 2.57 bits per heavy atom. The molecule has 2 heteroatoms. The van der Waals surface area contributed by atoms with Gasteiger partial charge in [0, 0.05) is 17.0 Å². The van der Waals surface area contributed by atoms with E-state index >= 15 is 0 Å². The topological polar surface area (TPSA) is 16.8 Å². The van der Waals surface area contributed by atoms with Gasteiger partial charge in [0.1, 0.15) is 11.7 Å². The first kappa shape index (κ1) is 16.2. The van der Waals surface area contributed by atoms with Crippen LogP contribution >= 0.6 is 0 Å². The van der Waals surface area contributed by atoms with Crippen LogP contribution < -0.4 is 4.57 Å². The largest absolute Gasteiger partial charge is 0.287 e. The van der Waals surface area contributed by atoms with Gasteiger partial charge in [-0.2, -0.15) is 0 Å². The molecule has 2 heterocycles. The van der Waals surface area contributed by atoms with Crippen LogP contribution in [0, 0.1) is 0 Å². The van der Waals surface area contributed by atoms with Crippen LogP contribution in [0.4, 0.5) is 0 Å². The molecule has 0 N–H and O–H groups in total. The van der Waals surface area contributed by atoms with Crippen molar-refractivity contribution >= 4 is 0 Å².